The van der Waals surface area contributed by atoms with E-state index in [0.717, 1.165) is 17.4 Å². The first-order valence-electron chi connectivity index (χ1n) is 7.56. The van der Waals surface area contributed by atoms with E-state index in [1.807, 2.05) is 30.0 Å². The highest BCUT2D eigenvalue weighted by Crippen LogP contribution is 2.27. The lowest BCUT2D eigenvalue weighted by molar-refractivity contribution is 0.169. The Balaban J connectivity index is 2.83. The van der Waals surface area contributed by atoms with E-state index < -0.39 is 0 Å². The summed E-state index contributed by atoms with van der Waals surface area (Å²) in [4.78, 5) is 0. The molecule has 1 aromatic rings. The predicted octanol–water partition coefficient (Wildman–Crippen LogP) is 3.65. The quantitative estimate of drug-likeness (QED) is 0.729. The van der Waals surface area contributed by atoms with Gasteiger partial charge in [-0.1, -0.05) is 50.6 Å². The van der Waals surface area contributed by atoms with Gasteiger partial charge >= 0.3 is 0 Å². The van der Waals surface area contributed by atoms with Crippen molar-refractivity contribution in [2.75, 3.05) is 18.1 Å². The van der Waals surface area contributed by atoms with Gasteiger partial charge in [-0.05, 0) is 31.1 Å². The SMILES string of the molecule is CCC(C)CSCC(CO)(NC(C)C)c1ccccc1. The average Bonchev–Trinajstić information content (AvgIpc) is 2.46. The van der Waals surface area contributed by atoms with Gasteiger partial charge in [0.15, 0.2) is 0 Å². The third-order valence-electron chi connectivity index (χ3n) is 3.61. The lowest BCUT2D eigenvalue weighted by atomic mass is 9.92. The van der Waals surface area contributed by atoms with E-state index in [-0.39, 0.29) is 12.1 Å². The molecule has 2 N–H and O–H groups in total. The van der Waals surface area contributed by atoms with Crippen molar-refractivity contribution < 1.29 is 5.11 Å². The molecule has 114 valence electrons. The van der Waals surface area contributed by atoms with E-state index in [4.69, 9.17) is 0 Å². The number of aliphatic hydroxyl groups excluding tert-OH is 1. The summed E-state index contributed by atoms with van der Waals surface area (Å²) in [6.45, 7) is 8.90. The van der Waals surface area contributed by atoms with Gasteiger partial charge in [-0.15, -0.1) is 0 Å². The van der Waals surface area contributed by atoms with Crippen LogP contribution in [0.15, 0.2) is 30.3 Å². The average molecular weight is 295 g/mol. The molecule has 0 radical (unpaired) electrons. The van der Waals surface area contributed by atoms with Crippen LogP contribution >= 0.6 is 11.8 Å². The molecule has 2 atom stereocenters. The van der Waals surface area contributed by atoms with Gasteiger partial charge < -0.3 is 10.4 Å². The Bertz CT molecular complexity index is 369. The van der Waals surface area contributed by atoms with Crippen molar-refractivity contribution in [3.8, 4) is 0 Å². The Hall–Kier alpha value is -0.510. The van der Waals surface area contributed by atoms with E-state index in [1.165, 1.54) is 12.0 Å². The molecule has 0 heterocycles. The minimum absolute atomic E-state index is 0.128. The summed E-state index contributed by atoms with van der Waals surface area (Å²) >= 11 is 1.93. The smallest absolute Gasteiger partial charge is 0.0762 e. The summed E-state index contributed by atoms with van der Waals surface area (Å²) < 4.78 is 0. The van der Waals surface area contributed by atoms with Crippen LogP contribution in [-0.4, -0.2) is 29.3 Å². The molecule has 20 heavy (non-hydrogen) atoms. The molecule has 0 bridgehead atoms. The molecule has 0 saturated carbocycles. The number of nitrogens with one attached hydrogen (secondary N) is 1. The van der Waals surface area contributed by atoms with Crippen molar-refractivity contribution >= 4 is 11.8 Å². The summed E-state index contributed by atoms with van der Waals surface area (Å²) in [5.41, 5.74) is 0.834. The highest BCUT2D eigenvalue weighted by Gasteiger charge is 2.31. The molecular formula is C17H29NOS. The van der Waals surface area contributed by atoms with Gasteiger partial charge in [0, 0.05) is 11.8 Å². The normalized spacial score (nSPS) is 16.1. The molecule has 2 unspecified atom stereocenters. The topological polar surface area (TPSA) is 32.3 Å². The highest BCUT2D eigenvalue weighted by molar-refractivity contribution is 7.99. The molecule has 1 aromatic carbocycles. The first-order chi connectivity index (χ1) is 9.54. The minimum atomic E-state index is -0.340. The summed E-state index contributed by atoms with van der Waals surface area (Å²) in [7, 11) is 0. The van der Waals surface area contributed by atoms with Crippen molar-refractivity contribution in [1.29, 1.82) is 0 Å². The van der Waals surface area contributed by atoms with Crippen LogP contribution in [0.5, 0.6) is 0 Å². The molecule has 3 heteroatoms. The number of aliphatic hydroxyl groups is 1. The second kappa shape index (κ2) is 8.71. The lowest BCUT2D eigenvalue weighted by Gasteiger charge is -2.35. The zero-order chi connectivity index (χ0) is 15.0. The van der Waals surface area contributed by atoms with Crippen LogP contribution in [0.1, 0.15) is 39.7 Å². The van der Waals surface area contributed by atoms with Crippen molar-refractivity contribution in [1.82, 2.24) is 5.32 Å². The molecule has 0 saturated heterocycles. The summed E-state index contributed by atoms with van der Waals surface area (Å²) in [5, 5.41) is 13.6. The second-order valence-corrected chi connectivity index (χ2v) is 6.96. The Morgan fingerprint density at radius 2 is 1.85 bits per heavy atom. The Kier molecular flexibility index (Phi) is 7.63. The van der Waals surface area contributed by atoms with Gasteiger partial charge in [0.25, 0.3) is 0 Å². The molecule has 0 fully saturated rings. The van der Waals surface area contributed by atoms with E-state index >= 15 is 0 Å². The molecule has 0 aliphatic heterocycles. The van der Waals surface area contributed by atoms with Crippen LogP contribution in [-0.2, 0) is 5.54 Å². The van der Waals surface area contributed by atoms with Crippen LogP contribution in [0.2, 0.25) is 0 Å². The zero-order valence-corrected chi connectivity index (χ0v) is 14.0. The van der Waals surface area contributed by atoms with Crippen LogP contribution in [0.3, 0.4) is 0 Å². The molecule has 0 aliphatic rings. The molecular weight excluding hydrogens is 266 g/mol. The van der Waals surface area contributed by atoms with Crippen LogP contribution < -0.4 is 5.32 Å². The van der Waals surface area contributed by atoms with E-state index in [1.54, 1.807) is 0 Å². The summed E-state index contributed by atoms with van der Waals surface area (Å²) in [6, 6.07) is 10.7. The molecule has 0 spiro atoms. The molecule has 1 rings (SSSR count). The Morgan fingerprint density at radius 3 is 2.35 bits per heavy atom. The number of benzene rings is 1. The monoisotopic (exact) mass is 295 g/mol. The Labute approximate surface area is 128 Å². The predicted molar refractivity (Wildman–Crippen MR) is 90.3 cm³/mol. The van der Waals surface area contributed by atoms with Crippen LogP contribution in [0, 0.1) is 5.92 Å². The van der Waals surface area contributed by atoms with Gasteiger partial charge in [0.05, 0.1) is 12.1 Å². The lowest BCUT2D eigenvalue weighted by Crippen LogP contribution is -2.51. The number of thioether (sulfide) groups is 1. The third-order valence-corrected chi connectivity index (χ3v) is 5.11. The largest absolute Gasteiger partial charge is 0.394 e. The van der Waals surface area contributed by atoms with Gasteiger partial charge in [-0.25, -0.2) is 0 Å². The van der Waals surface area contributed by atoms with Crippen molar-refractivity contribution in [3.63, 3.8) is 0 Å². The van der Waals surface area contributed by atoms with E-state index in [0.29, 0.717) is 6.04 Å². The first kappa shape index (κ1) is 17.5. The van der Waals surface area contributed by atoms with Gasteiger partial charge in [-0.3, -0.25) is 0 Å². The molecule has 0 aromatic heterocycles. The fourth-order valence-corrected chi connectivity index (χ4v) is 3.70. The van der Waals surface area contributed by atoms with E-state index in [9.17, 15) is 5.11 Å². The maximum Gasteiger partial charge on any atom is 0.0762 e. The number of rotatable bonds is 9. The highest BCUT2D eigenvalue weighted by atomic mass is 32.2. The molecule has 0 amide bonds. The molecule has 0 aliphatic carbocycles. The fourth-order valence-electron chi connectivity index (χ4n) is 2.25. The standard InChI is InChI=1S/C17H29NOS/c1-5-15(4)11-20-13-17(12-19,18-14(2)3)16-9-7-6-8-10-16/h6-10,14-15,18-19H,5,11-13H2,1-4H3. The van der Waals surface area contributed by atoms with Gasteiger partial charge in [-0.2, -0.15) is 11.8 Å². The van der Waals surface area contributed by atoms with Crippen molar-refractivity contribution in [2.24, 2.45) is 5.92 Å². The maximum absolute atomic E-state index is 10.0. The Morgan fingerprint density at radius 1 is 1.20 bits per heavy atom. The fraction of sp³-hybridized carbons (Fsp3) is 0.647. The van der Waals surface area contributed by atoms with Crippen LogP contribution in [0.25, 0.3) is 0 Å². The second-order valence-electron chi connectivity index (χ2n) is 5.93. The van der Waals surface area contributed by atoms with Crippen molar-refractivity contribution in [2.45, 2.75) is 45.7 Å². The molecule has 2 nitrogen and oxygen atoms in total. The van der Waals surface area contributed by atoms with Gasteiger partial charge in [0.1, 0.15) is 0 Å². The summed E-state index contributed by atoms with van der Waals surface area (Å²) in [6.07, 6.45) is 1.21. The minimum Gasteiger partial charge on any atom is -0.394 e. The first-order valence-corrected chi connectivity index (χ1v) is 8.71. The number of hydrogen-bond acceptors (Lipinski definition) is 3. The van der Waals surface area contributed by atoms with Gasteiger partial charge in [0.2, 0.25) is 0 Å². The third kappa shape index (κ3) is 5.12. The zero-order valence-electron chi connectivity index (χ0n) is 13.2. The summed E-state index contributed by atoms with van der Waals surface area (Å²) in [5.74, 6) is 2.77. The maximum atomic E-state index is 10.0. The number of hydrogen-bond donors (Lipinski definition) is 2. The van der Waals surface area contributed by atoms with Crippen LogP contribution in [0.4, 0.5) is 0 Å². The van der Waals surface area contributed by atoms with Crippen molar-refractivity contribution in [3.05, 3.63) is 35.9 Å². The van der Waals surface area contributed by atoms with E-state index in [2.05, 4.69) is 45.1 Å².